The lowest BCUT2D eigenvalue weighted by atomic mass is 10.1. The monoisotopic (exact) mass is 316 g/mol. The van der Waals surface area contributed by atoms with E-state index in [2.05, 4.69) is 5.32 Å². The number of ether oxygens (including phenoxy) is 1. The lowest BCUT2D eigenvalue weighted by molar-refractivity contribution is -0.145. The van der Waals surface area contributed by atoms with Gasteiger partial charge in [-0.25, -0.2) is 4.79 Å². The minimum absolute atomic E-state index is 0.163. The summed E-state index contributed by atoms with van der Waals surface area (Å²) in [5.74, 6) is -0.477. The number of carbonyl (C=O) groups is 3. The molecule has 1 aromatic rings. The fraction of sp³-hybridized carbons (Fsp3) is 0.471. The first kappa shape index (κ1) is 15.5. The van der Waals surface area contributed by atoms with Crippen molar-refractivity contribution in [2.24, 2.45) is 5.92 Å². The topological polar surface area (TPSA) is 75.7 Å². The normalized spacial score (nSPS) is 23.2. The van der Waals surface area contributed by atoms with Crippen LogP contribution in [0.1, 0.15) is 48.8 Å². The number of nitrogens with one attached hydrogen (secondary N) is 1. The Bertz CT molecular complexity index is 656. The van der Waals surface area contributed by atoms with E-state index in [0.29, 0.717) is 30.0 Å². The van der Waals surface area contributed by atoms with Gasteiger partial charge in [0.05, 0.1) is 5.56 Å². The van der Waals surface area contributed by atoms with Gasteiger partial charge >= 0.3 is 5.97 Å². The van der Waals surface area contributed by atoms with Crippen LogP contribution in [0, 0.1) is 5.92 Å². The molecule has 2 heterocycles. The highest BCUT2D eigenvalue weighted by molar-refractivity contribution is 5.96. The molecule has 0 saturated carbocycles. The van der Waals surface area contributed by atoms with Crippen molar-refractivity contribution in [3.05, 3.63) is 35.4 Å². The molecule has 0 radical (unpaired) electrons. The van der Waals surface area contributed by atoms with Crippen molar-refractivity contribution >= 4 is 17.8 Å². The Kier molecular flexibility index (Phi) is 4.07. The molecule has 2 amide bonds. The van der Waals surface area contributed by atoms with Crippen LogP contribution in [0.25, 0.3) is 0 Å². The maximum atomic E-state index is 12.4. The van der Waals surface area contributed by atoms with E-state index in [0.717, 1.165) is 0 Å². The van der Waals surface area contributed by atoms with Crippen LogP contribution in [-0.4, -0.2) is 35.3 Å². The highest BCUT2D eigenvalue weighted by Crippen LogP contribution is 2.38. The van der Waals surface area contributed by atoms with Gasteiger partial charge in [-0.3, -0.25) is 14.5 Å². The fourth-order valence-corrected chi connectivity index (χ4v) is 3.01. The van der Waals surface area contributed by atoms with Crippen LogP contribution < -0.4 is 5.32 Å². The molecule has 122 valence electrons. The van der Waals surface area contributed by atoms with Crippen molar-refractivity contribution in [1.29, 1.82) is 0 Å². The molecule has 2 atom stereocenters. The number of fused-ring (bicyclic) bond motifs is 1. The molecule has 6 nitrogen and oxygen atoms in total. The summed E-state index contributed by atoms with van der Waals surface area (Å²) >= 11 is 0. The molecule has 1 unspecified atom stereocenters. The smallest absolute Gasteiger partial charge is 0.340 e. The Morgan fingerprint density at radius 3 is 2.83 bits per heavy atom. The van der Waals surface area contributed by atoms with Crippen molar-refractivity contribution < 1.29 is 19.1 Å². The van der Waals surface area contributed by atoms with E-state index in [-0.39, 0.29) is 18.2 Å². The molecule has 23 heavy (non-hydrogen) atoms. The van der Waals surface area contributed by atoms with Gasteiger partial charge in [-0.05, 0) is 18.4 Å². The third-order valence-electron chi connectivity index (χ3n) is 4.16. The molecule has 2 aliphatic heterocycles. The number of nitrogens with zero attached hydrogens (tertiary/aromatic N) is 1. The van der Waals surface area contributed by atoms with E-state index in [1.54, 1.807) is 24.3 Å². The summed E-state index contributed by atoms with van der Waals surface area (Å²) in [6.45, 7) is 4.57. The summed E-state index contributed by atoms with van der Waals surface area (Å²) in [6.07, 6.45) is -0.0712. The lowest BCUT2D eigenvalue weighted by Crippen LogP contribution is -2.47. The van der Waals surface area contributed by atoms with Crippen molar-refractivity contribution in [1.82, 2.24) is 10.2 Å². The van der Waals surface area contributed by atoms with Gasteiger partial charge in [-0.1, -0.05) is 32.0 Å². The second-order valence-electron chi connectivity index (χ2n) is 6.34. The Labute approximate surface area is 134 Å². The number of benzene rings is 1. The van der Waals surface area contributed by atoms with Crippen molar-refractivity contribution in [3.8, 4) is 0 Å². The first-order valence-corrected chi connectivity index (χ1v) is 7.88. The summed E-state index contributed by atoms with van der Waals surface area (Å²) in [4.78, 5) is 38.1. The maximum absolute atomic E-state index is 12.4. The summed E-state index contributed by atoms with van der Waals surface area (Å²) in [6, 6.07) is 6.39. The molecule has 6 heteroatoms. The molecule has 0 bridgehead atoms. The zero-order valence-electron chi connectivity index (χ0n) is 13.2. The average Bonchev–Trinajstić information content (AvgIpc) is 3.06. The highest BCUT2D eigenvalue weighted by Gasteiger charge is 2.46. The van der Waals surface area contributed by atoms with Gasteiger partial charge in [-0.15, -0.1) is 0 Å². The van der Waals surface area contributed by atoms with Gasteiger partial charge in [0.2, 0.25) is 18.0 Å². The van der Waals surface area contributed by atoms with Crippen LogP contribution in [-0.2, 0) is 14.3 Å². The average molecular weight is 316 g/mol. The van der Waals surface area contributed by atoms with Crippen LogP contribution in [0.4, 0.5) is 0 Å². The molecule has 1 N–H and O–H groups in total. The van der Waals surface area contributed by atoms with E-state index in [1.807, 2.05) is 13.8 Å². The van der Waals surface area contributed by atoms with Gasteiger partial charge in [0.15, 0.2) is 0 Å². The molecule has 3 rings (SSSR count). The predicted octanol–water partition coefficient (Wildman–Crippen LogP) is 1.62. The minimum atomic E-state index is -0.802. The zero-order valence-corrected chi connectivity index (χ0v) is 13.2. The number of hydrogen-bond donors (Lipinski definition) is 1. The summed E-state index contributed by atoms with van der Waals surface area (Å²) in [5, 5.41) is 2.86. The van der Waals surface area contributed by atoms with E-state index in [9.17, 15) is 14.4 Å². The number of cyclic esters (lactones) is 1. The molecule has 1 fully saturated rings. The maximum Gasteiger partial charge on any atom is 0.340 e. The standard InChI is InChI=1S/C17H20N2O4/c1-10(2)9-18-15(21)13-7-8-14(20)19(13)16-11-5-3-4-6-12(11)17(22)23-16/h3-6,10,13,16H,7-9H2,1-2H3,(H,18,21)/t13-,16?/m0/s1. The Morgan fingerprint density at radius 2 is 2.09 bits per heavy atom. The van der Waals surface area contributed by atoms with Crippen LogP contribution in [0.15, 0.2) is 24.3 Å². The van der Waals surface area contributed by atoms with Gasteiger partial charge in [0.1, 0.15) is 6.04 Å². The quantitative estimate of drug-likeness (QED) is 0.857. The van der Waals surface area contributed by atoms with E-state index >= 15 is 0 Å². The molecule has 2 aliphatic rings. The number of rotatable bonds is 4. The van der Waals surface area contributed by atoms with Gasteiger partial charge in [0, 0.05) is 18.5 Å². The third-order valence-corrected chi connectivity index (χ3v) is 4.16. The van der Waals surface area contributed by atoms with E-state index in [1.165, 1.54) is 4.90 Å². The zero-order chi connectivity index (χ0) is 16.6. The number of amides is 2. The Balaban J connectivity index is 1.84. The van der Waals surface area contributed by atoms with Crippen molar-refractivity contribution in [2.45, 2.75) is 39.0 Å². The van der Waals surface area contributed by atoms with Crippen molar-refractivity contribution in [3.63, 3.8) is 0 Å². The Morgan fingerprint density at radius 1 is 1.35 bits per heavy atom. The molecule has 0 aromatic heterocycles. The van der Waals surface area contributed by atoms with Gasteiger partial charge in [0.25, 0.3) is 0 Å². The minimum Gasteiger partial charge on any atom is -0.433 e. The first-order chi connectivity index (χ1) is 11.0. The summed E-state index contributed by atoms with van der Waals surface area (Å²) < 4.78 is 5.38. The van der Waals surface area contributed by atoms with Crippen LogP contribution in [0.5, 0.6) is 0 Å². The number of esters is 1. The number of carbonyl (C=O) groups excluding carboxylic acids is 3. The molecule has 0 spiro atoms. The third kappa shape index (κ3) is 2.81. The molecular formula is C17H20N2O4. The Hall–Kier alpha value is -2.37. The van der Waals surface area contributed by atoms with Crippen molar-refractivity contribution in [2.75, 3.05) is 6.54 Å². The molecule has 1 saturated heterocycles. The van der Waals surface area contributed by atoms with Crippen LogP contribution in [0.3, 0.4) is 0 Å². The van der Waals surface area contributed by atoms with Crippen LogP contribution >= 0.6 is 0 Å². The van der Waals surface area contributed by atoms with E-state index < -0.39 is 18.2 Å². The molecular weight excluding hydrogens is 296 g/mol. The molecule has 0 aliphatic carbocycles. The summed E-state index contributed by atoms with van der Waals surface area (Å²) in [5.41, 5.74) is 1.10. The predicted molar refractivity (Wildman–Crippen MR) is 82.3 cm³/mol. The van der Waals surface area contributed by atoms with Gasteiger partial charge < -0.3 is 10.1 Å². The number of hydrogen-bond acceptors (Lipinski definition) is 4. The number of likely N-dealkylation sites (tertiary alicyclic amines) is 1. The van der Waals surface area contributed by atoms with Crippen LogP contribution in [0.2, 0.25) is 0 Å². The SMILES string of the molecule is CC(C)CNC(=O)[C@@H]1CCC(=O)N1C1OC(=O)c2ccccc21. The lowest BCUT2D eigenvalue weighted by Gasteiger charge is -2.29. The van der Waals surface area contributed by atoms with Gasteiger partial charge in [-0.2, -0.15) is 0 Å². The largest absolute Gasteiger partial charge is 0.433 e. The second-order valence-corrected chi connectivity index (χ2v) is 6.34. The fourth-order valence-electron chi connectivity index (χ4n) is 3.01. The molecule has 1 aromatic carbocycles. The van der Waals surface area contributed by atoms with E-state index in [4.69, 9.17) is 4.74 Å². The first-order valence-electron chi connectivity index (χ1n) is 7.88. The summed E-state index contributed by atoms with van der Waals surface area (Å²) in [7, 11) is 0. The second kappa shape index (κ2) is 6.02. The highest BCUT2D eigenvalue weighted by atomic mass is 16.6.